The minimum absolute atomic E-state index is 0.183. The van der Waals surface area contributed by atoms with Crippen molar-refractivity contribution >= 4 is 23.2 Å². The Morgan fingerprint density at radius 1 is 1.18 bits per heavy atom. The lowest BCUT2D eigenvalue weighted by Crippen LogP contribution is -2.60. The van der Waals surface area contributed by atoms with Gasteiger partial charge in [-0.15, -0.1) is 0 Å². The molecule has 4 atom stereocenters. The van der Waals surface area contributed by atoms with Crippen LogP contribution in [0.5, 0.6) is 0 Å². The summed E-state index contributed by atoms with van der Waals surface area (Å²) < 4.78 is 6.43. The molecule has 2 fully saturated rings. The highest BCUT2D eigenvalue weighted by Gasteiger charge is 2.56. The van der Waals surface area contributed by atoms with Crippen molar-refractivity contribution in [1.29, 1.82) is 0 Å². The van der Waals surface area contributed by atoms with Crippen LogP contribution in [0.4, 0.5) is 5.69 Å². The first-order valence-corrected chi connectivity index (χ1v) is 11.9. The maximum atomic E-state index is 12.6. The summed E-state index contributed by atoms with van der Waals surface area (Å²) in [5, 5.41) is 11.6. The van der Waals surface area contributed by atoms with Crippen molar-refractivity contribution in [3.05, 3.63) is 78.0 Å². The van der Waals surface area contributed by atoms with E-state index in [1.807, 2.05) is 54.6 Å². The Labute approximate surface area is 200 Å². The van der Waals surface area contributed by atoms with Crippen molar-refractivity contribution in [2.75, 3.05) is 31.1 Å². The van der Waals surface area contributed by atoms with Crippen LogP contribution >= 0.6 is 11.6 Å². The number of likely N-dealkylation sites (tertiary alicyclic amines) is 1. The average Bonchev–Trinajstić information content (AvgIpc) is 3.51. The van der Waals surface area contributed by atoms with E-state index in [1.54, 1.807) is 0 Å². The lowest BCUT2D eigenvalue weighted by molar-refractivity contribution is -0.174. The quantitative estimate of drug-likeness (QED) is 0.547. The van der Waals surface area contributed by atoms with Gasteiger partial charge in [0.15, 0.2) is 5.72 Å². The molecule has 4 unspecified atom stereocenters. The summed E-state index contributed by atoms with van der Waals surface area (Å²) in [5.41, 5.74) is 6.79. The Morgan fingerprint density at radius 2 is 1.85 bits per heavy atom. The van der Waals surface area contributed by atoms with E-state index in [-0.39, 0.29) is 18.6 Å². The molecule has 3 N–H and O–H groups in total. The van der Waals surface area contributed by atoms with Gasteiger partial charge < -0.3 is 20.5 Å². The molecule has 0 bridgehead atoms. The number of carbonyl (C=O) groups excluding carboxylic acids is 1. The summed E-state index contributed by atoms with van der Waals surface area (Å²) in [7, 11) is 0. The van der Waals surface area contributed by atoms with Gasteiger partial charge in [0.1, 0.15) is 0 Å². The van der Waals surface area contributed by atoms with Crippen molar-refractivity contribution in [3.8, 4) is 0 Å². The van der Waals surface area contributed by atoms with Crippen LogP contribution in [-0.4, -0.2) is 48.2 Å². The number of hydrogen-bond donors (Lipinski definition) is 2. The molecule has 0 aliphatic carbocycles. The Balaban J connectivity index is 1.88. The van der Waals surface area contributed by atoms with Gasteiger partial charge in [0.05, 0.1) is 30.7 Å². The van der Waals surface area contributed by atoms with Gasteiger partial charge in [0.2, 0.25) is 5.91 Å². The second kappa shape index (κ2) is 10.2. The van der Waals surface area contributed by atoms with E-state index in [4.69, 9.17) is 22.1 Å². The summed E-state index contributed by atoms with van der Waals surface area (Å²) in [6, 6.07) is 17.1. The fraction of sp³-hybridized carbons (Fsp3) is 0.423. The van der Waals surface area contributed by atoms with Gasteiger partial charge in [-0.2, -0.15) is 0 Å². The zero-order chi connectivity index (χ0) is 23.4. The molecule has 2 aliphatic heterocycles. The molecule has 2 heterocycles. The zero-order valence-electron chi connectivity index (χ0n) is 18.8. The van der Waals surface area contributed by atoms with Gasteiger partial charge in [-0.25, -0.2) is 0 Å². The molecule has 6 nitrogen and oxygen atoms in total. The van der Waals surface area contributed by atoms with E-state index in [9.17, 15) is 9.90 Å². The number of hydrogen-bond acceptors (Lipinski definition) is 5. The minimum atomic E-state index is -0.984. The van der Waals surface area contributed by atoms with Crippen molar-refractivity contribution in [2.24, 2.45) is 17.6 Å². The summed E-state index contributed by atoms with van der Waals surface area (Å²) in [4.78, 5) is 17.1. The molecule has 0 spiro atoms. The van der Waals surface area contributed by atoms with Crippen LogP contribution in [0.2, 0.25) is 5.02 Å². The molecule has 0 aromatic heterocycles. The van der Waals surface area contributed by atoms with Crippen LogP contribution in [0.3, 0.4) is 0 Å². The van der Waals surface area contributed by atoms with Crippen LogP contribution < -0.4 is 10.6 Å². The van der Waals surface area contributed by atoms with Crippen LogP contribution in [0.15, 0.2) is 67.4 Å². The zero-order valence-corrected chi connectivity index (χ0v) is 19.5. The summed E-state index contributed by atoms with van der Waals surface area (Å²) in [6.45, 7) is 6.00. The Kier molecular flexibility index (Phi) is 7.27. The van der Waals surface area contributed by atoms with Gasteiger partial charge >= 0.3 is 0 Å². The van der Waals surface area contributed by atoms with E-state index in [1.165, 1.54) is 6.26 Å². The van der Waals surface area contributed by atoms with E-state index < -0.39 is 17.6 Å². The molecule has 4 rings (SSSR count). The standard InChI is InChI=1S/C26H32ClN3O3/c1-2-33-26(29-15-6-7-16-29,19-8-4-3-5-9-19)23(18-31)24-22(25(28)32)14-17-30(24)21-12-10-20(27)11-13-21/h2-5,8-13,22-24,31H,1,6-7,14-18H2,(H2,28,32). The average molecular weight is 470 g/mol. The van der Waals surface area contributed by atoms with Gasteiger partial charge in [0, 0.05) is 35.9 Å². The molecule has 7 heteroatoms. The predicted molar refractivity (Wildman–Crippen MR) is 131 cm³/mol. The molecule has 2 aromatic carbocycles. The van der Waals surface area contributed by atoms with Crippen LogP contribution in [0, 0.1) is 11.8 Å². The number of rotatable bonds is 9. The Morgan fingerprint density at radius 3 is 2.42 bits per heavy atom. The fourth-order valence-corrected chi connectivity index (χ4v) is 5.86. The van der Waals surface area contributed by atoms with E-state index in [0.717, 1.165) is 37.2 Å². The Bertz CT molecular complexity index is 949. The number of anilines is 1. The second-order valence-electron chi connectivity index (χ2n) is 8.79. The summed E-state index contributed by atoms with van der Waals surface area (Å²) in [6.07, 6.45) is 4.14. The highest BCUT2D eigenvalue weighted by molar-refractivity contribution is 6.30. The third-order valence-electron chi connectivity index (χ3n) is 7.11. The first-order valence-electron chi connectivity index (χ1n) is 11.5. The van der Waals surface area contributed by atoms with Crippen molar-refractivity contribution in [2.45, 2.75) is 31.0 Å². The summed E-state index contributed by atoms with van der Waals surface area (Å²) in [5.74, 6) is -1.26. The molecular weight excluding hydrogens is 438 g/mol. The SMILES string of the molecule is C=COC(c1ccccc1)(C(CO)C1C(C(N)=O)CCN1c1ccc(Cl)cc1)N1CCCC1. The van der Waals surface area contributed by atoms with Crippen molar-refractivity contribution in [3.63, 3.8) is 0 Å². The third kappa shape index (κ3) is 4.35. The van der Waals surface area contributed by atoms with Gasteiger partial charge in [-0.1, -0.05) is 48.5 Å². The smallest absolute Gasteiger partial charge is 0.222 e. The van der Waals surface area contributed by atoms with Crippen LogP contribution in [0.25, 0.3) is 0 Å². The lowest BCUT2D eigenvalue weighted by Gasteiger charge is -2.50. The maximum absolute atomic E-state index is 12.6. The number of primary amides is 1. The first kappa shape index (κ1) is 23.6. The van der Waals surface area contributed by atoms with E-state index in [2.05, 4.69) is 16.4 Å². The molecule has 0 saturated carbocycles. The van der Waals surface area contributed by atoms with Gasteiger partial charge in [-0.05, 0) is 43.5 Å². The number of nitrogens with zero attached hydrogens (tertiary/aromatic N) is 2. The molecule has 2 aliphatic rings. The van der Waals surface area contributed by atoms with Gasteiger partial charge in [0.25, 0.3) is 0 Å². The largest absolute Gasteiger partial charge is 0.476 e. The molecular formula is C26H32ClN3O3. The summed E-state index contributed by atoms with van der Waals surface area (Å²) >= 11 is 6.13. The van der Waals surface area contributed by atoms with Crippen molar-refractivity contribution in [1.82, 2.24) is 4.90 Å². The maximum Gasteiger partial charge on any atom is 0.222 e. The number of aliphatic hydroxyl groups excluding tert-OH is 1. The number of carbonyl (C=O) groups is 1. The monoisotopic (exact) mass is 469 g/mol. The van der Waals surface area contributed by atoms with Gasteiger partial charge in [-0.3, -0.25) is 9.69 Å². The van der Waals surface area contributed by atoms with Crippen molar-refractivity contribution < 1.29 is 14.6 Å². The van der Waals surface area contributed by atoms with Crippen LogP contribution in [-0.2, 0) is 15.3 Å². The molecule has 2 aromatic rings. The normalized spacial score (nSPS) is 23.8. The van der Waals surface area contributed by atoms with E-state index in [0.29, 0.717) is 18.0 Å². The number of benzene rings is 2. The lowest BCUT2D eigenvalue weighted by atomic mass is 9.77. The molecule has 0 radical (unpaired) electrons. The highest BCUT2D eigenvalue weighted by atomic mass is 35.5. The predicted octanol–water partition coefficient (Wildman–Crippen LogP) is 3.74. The number of ether oxygens (including phenoxy) is 1. The Hall–Kier alpha value is -2.54. The molecule has 1 amide bonds. The molecule has 176 valence electrons. The second-order valence-corrected chi connectivity index (χ2v) is 9.22. The topological polar surface area (TPSA) is 79.0 Å². The number of aliphatic hydroxyl groups is 1. The first-order chi connectivity index (χ1) is 16.0. The number of halogens is 1. The minimum Gasteiger partial charge on any atom is -0.476 e. The number of amides is 1. The van der Waals surface area contributed by atoms with Crippen LogP contribution in [0.1, 0.15) is 24.8 Å². The molecule has 33 heavy (non-hydrogen) atoms. The van der Waals surface area contributed by atoms with E-state index >= 15 is 0 Å². The molecule has 2 saturated heterocycles. The highest BCUT2D eigenvalue weighted by Crippen LogP contribution is 2.47. The number of nitrogens with two attached hydrogens (primary N) is 1. The fourth-order valence-electron chi connectivity index (χ4n) is 5.73. The third-order valence-corrected chi connectivity index (χ3v) is 7.37.